The van der Waals surface area contributed by atoms with E-state index in [4.69, 9.17) is 0 Å². The quantitative estimate of drug-likeness (QED) is 0.415. The Hall–Kier alpha value is -1.02. The first-order valence-electron chi connectivity index (χ1n) is 4.74. The Labute approximate surface area is 89.2 Å². The van der Waals surface area contributed by atoms with Crippen molar-refractivity contribution < 1.29 is 4.79 Å². The minimum Gasteiger partial charge on any atom is -0.299 e. The van der Waals surface area contributed by atoms with Gasteiger partial charge in [-0.05, 0) is 29.5 Å². The van der Waals surface area contributed by atoms with Crippen molar-refractivity contribution >= 4 is 18.0 Å². The second kappa shape index (κ2) is 6.44. The van der Waals surface area contributed by atoms with Crippen LogP contribution in [0.15, 0.2) is 46.2 Å². The lowest BCUT2D eigenvalue weighted by Crippen LogP contribution is -1.79. The summed E-state index contributed by atoms with van der Waals surface area (Å²) >= 11 is 1.67. The van der Waals surface area contributed by atoms with Crippen LogP contribution in [0.3, 0.4) is 0 Å². The highest BCUT2D eigenvalue weighted by Crippen LogP contribution is 2.28. The number of hydrogen-bond donors (Lipinski definition) is 0. The van der Waals surface area contributed by atoms with E-state index < -0.39 is 0 Å². The Morgan fingerprint density at radius 3 is 2.64 bits per heavy atom. The lowest BCUT2D eigenvalue weighted by Gasteiger charge is -2.03. The van der Waals surface area contributed by atoms with Crippen LogP contribution in [0.1, 0.15) is 19.8 Å². The van der Waals surface area contributed by atoms with Gasteiger partial charge in [-0.25, -0.2) is 0 Å². The van der Waals surface area contributed by atoms with E-state index in [9.17, 15) is 4.79 Å². The van der Waals surface area contributed by atoms with Gasteiger partial charge in [0.25, 0.3) is 0 Å². The van der Waals surface area contributed by atoms with Gasteiger partial charge in [-0.15, -0.1) is 0 Å². The van der Waals surface area contributed by atoms with E-state index in [0.717, 1.165) is 24.0 Å². The lowest BCUT2D eigenvalue weighted by molar-refractivity contribution is -0.104. The molecule has 0 aliphatic heterocycles. The molecule has 0 saturated carbocycles. The van der Waals surface area contributed by atoms with Crippen LogP contribution >= 0.6 is 11.8 Å². The Morgan fingerprint density at radius 1 is 1.36 bits per heavy atom. The maximum absolute atomic E-state index is 10.4. The first kappa shape index (κ1) is 11.1. The number of hydrogen-bond acceptors (Lipinski definition) is 2. The normalized spacial score (nSPS) is 11.4. The molecular weight excluding hydrogens is 192 g/mol. The Balaban J connectivity index is 2.65. The fourth-order valence-electron chi connectivity index (χ4n) is 1.13. The summed E-state index contributed by atoms with van der Waals surface area (Å²) < 4.78 is 0. The van der Waals surface area contributed by atoms with Crippen molar-refractivity contribution in [2.45, 2.75) is 24.7 Å². The third kappa shape index (κ3) is 3.79. The van der Waals surface area contributed by atoms with E-state index in [1.807, 2.05) is 18.2 Å². The molecule has 1 nitrogen and oxygen atoms in total. The molecule has 0 unspecified atom stereocenters. The largest absolute Gasteiger partial charge is 0.299 e. The molecule has 0 saturated heterocycles. The summed E-state index contributed by atoms with van der Waals surface area (Å²) in [6.07, 6.45) is 4.56. The maximum atomic E-state index is 10.4. The predicted octanol–water partition coefficient (Wildman–Crippen LogP) is 3.66. The van der Waals surface area contributed by atoms with Crippen LogP contribution in [0.25, 0.3) is 0 Å². The van der Waals surface area contributed by atoms with E-state index in [-0.39, 0.29) is 0 Å². The molecule has 0 aliphatic rings. The highest BCUT2D eigenvalue weighted by Gasteiger charge is 1.98. The van der Waals surface area contributed by atoms with Crippen LogP contribution in [-0.4, -0.2) is 6.29 Å². The molecule has 74 valence electrons. The van der Waals surface area contributed by atoms with Gasteiger partial charge in [0, 0.05) is 4.90 Å². The highest BCUT2D eigenvalue weighted by atomic mass is 32.2. The second-order valence-electron chi connectivity index (χ2n) is 2.93. The zero-order valence-corrected chi connectivity index (χ0v) is 9.09. The third-order valence-corrected chi connectivity index (χ3v) is 2.85. The monoisotopic (exact) mass is 206 g/mol. The molecule has 0 amide bonds. The summed E-state index contributed by atoms with van der Waals surface area (Å²) in [4.78, 5) is 12.7. The zero-order chi connectivity index (χ0) is 10.2. The second-order valence-corrected chi connectivity index (χ2v) is 4.13. The molecule has 0 aromatic heterocycles. The molecule has 0 radical (unpaired) electrons. The number of aldehydes is 1. The molecule has 0 bridgehead atoms. The molecule has 0 fully saturated rings. The first-order valence-corrected chi connectivity index (χ1v) is 5.55. The fraction of sp³-hybridized carbons (Fsp3) is 0.250. The summed E-state index contributed by atoms with van der Waals surface area (Å²) in [5, 5.41) is 0. The standard InChI is InChI=1S/C12H14OS/c1-2-6-11(9-10-13)14-12-7-4-3-5-8-12/h3-5,7-10H,2,6H2,1H3/b11-9-. The maximum Gasteiger partial charge on any atom is 0.143 e. The van der Waals surface area contributed by atoms with Gasteiger partial charge in [-0.1, -0.05) is 43.3 Å². The molecule has 0 spiro atoms. The molecule has 0 heterocycles. The van der Waals surface area contributed by atoms with Crippen LogP contribution in [0, 0.1) is 0 Å². The molecule has 1 aromatic carbocycles. The van der Waals surface area contributed by atoms with Crippen molar-refractivity contribution in [3.63, 3.8) is 0 Å². The van der Waals surface area contributed by atoms with Crippen molar-refractivity contribution in [3.8, 4) is 0 Å². The van der Waals surface area contributed by atoms with Gasteiger partial charge in [-0.3, -0.25) is 4.79 Å². The van der Waals surface area contributed by atoms with Gasteiger partial charge >= 0.3 is 0 Å². The summed E-state index contributed by atoms with van der Waals surface area (Å²) in [5.74, 6) is 0. The van der Waals surface area contributed by atoms with E-state index in [1.165, 1.54) is 4.90 Å². The smallest absolute Gasteiger partial charge is 0.143 e. The number of benzene rings is 1. The number of allylic oxidation sites excluding steroid dienone is 2. The van der Waals surface area contributed by atoms with Crippen molar-refractivity contribution in [2.24, 2.45) is 0 Å². The Bertz CT molecular complexity index is 303. The molecule has 0 atom stereocenters. The number of thioether (sulfide) groups is 1. The topological polar surface area (TPSA) is 17.1 Å². The van der Waals surface area contributed by atoms with Crippen molar-refractivity contribution in [1.82, 2.24) is 0 Å². The molecule has 0 N–H and O–H groups in total. The van der Waals surface area contributed by atoms with Gasteiger partial charge in [0.1, 0.15) is 6.29 Å². The average molecular weight is 206 g/mol. The zero-order valence-electron chi connectivity index (χ0n) is 8.27. The molecule has 0 aliphatic carbocycles. The van der Waals surface area contributed by atoms with Crippen LogP contribution in [0.2, 0.25) is 0 Å². The SMILES string of the molecule is CCC/C(=C/C=O)Sc1ccccc1. The number of carbonyl (C=O) groups is 1. The van der Waals surface area contributed by atoms with Crippen LogP contribution in [-0.2, 0) is 4.79 Å². The highest BCUT2D eigenvalue weighted by molar-refractivity contribution is 8.03. The summed E-state index contributed by atoms with van der Waals surface area (Å²) in [6.45, 7) is 2.12. The van der Waals surface area contributed by atoms with Crippen LogP contribution in [0.4, 0.5) is 0 Å². The molecule has 1 aromatic rings. The number of rotatable bonds is 5. The Kier molecular flexibility index (Phi) is 5.08. The van der Waals surface area contributed by atoms with E-state index in [0.29, 0.717) is 0 Å². The Morgan fingerprint density at radius 2 is 2.07 bits per heavy atom. The third-order valence-electron chi connectivity index (χ3n) is 1.74. The lowest BCUT2D eigenvalue weighted by atomic mass is 10.3. The van der Waals surface area contributed by atoms with Gasteiger partial charge < -0.3 is 0 Å². The van der Waals surface area contributed by atoms with Crippen molar-refractivity contribution in [1.29, 1.82) is 0 Å². The fourth-order valence-corrected chi connectivity index (χ4v) is 2.16. The first-order chi connectivity index (χ1) is 6.86. The minimum absolute atomic E-state index is 0.862. The molecule has 2 heteroatoms. The molecule has 1 rings (SSSR count). The molecular formula is C12H14OS. The minimum atomic E-state index is 0.862. The van der Waals surface area contributed by atoms with Crippen LogP contribution in [0.5, 0.6) is 0 Å². The van der Waals surface area contributed by atoms with Gasteiger partial charge in [0.05, 0.1) is 0 Å². The van der Waals surface area contributed by atoms with Gasteiger partial charge in [-0.2, -0.15) is 0 Å². The van der Waals surface area contributed by atoms with Crippen molar-refractivity contribution in [2.75, 3.05) is 0 Å². The van der Waals surface area contributed by atoms with E-state index in [2.05, 4.69) is 19.1 Å². The van der Waals surface area contributed by atoms with Gasteiger partial charge in [0.2, 0.25) is 0 Å². The average Bonchev–Trinajstić information content (AvgIpc) is 2.20. The summed E-state index contributed by atoms with van der Waals surface area (Å²) in [7, 11) is 0. The van der Waals surface area contributed by atoms with Crippen LogP contribution < -0.4 is 0 Å². The predicted molar refractivity (Wildman–Crippen MR) is 61.4 cm³/mol. The van der Waals surface area contributed by atoms with E-state index >= 15 is 0 Å². The van der Waals surface area contributed by atoms with Crippen molar-refractivity contribution in [3.05, 3.63) is 41.3 Å². The molecule has 14 heavy (non-hydrogen) atoms. The van der Waals surface area contributed by atoms with Gasteiger partial charge in [0.15, 0.2) is 0 Å². The summed E-state index contributed by atoms with van der Waals surface area (Å²) in [6, 6.07) is 10.1. The van der Waals surface area contributed by atoms with E-state index in [1.54, 1.807) is 17.8 Å². The summed E-state index contributed by atoms with van der Waals surface area (Å²) in [5.41, 5.74) is 0. The number of carbonyl (C=O) groups excluding carboxylic acids is 1.